The first kappa shape index (κ1) is 30.4. The molecular formula is C37H21Br3N5S2+. The van der Waals surface area contributed by atoms with E-state index in [2.05, 4.69) is 163 Å². The molecule has 0 N–H and O–H groups in total. The standard InChI is InChI=1S/C18H10BrN3S.C13H9.C6H2Br2N2S/c19-17-15-16(21-10-9-20-15)18(23-17)22-13-7-3-1-5-11(13)12-6-2-4-8-14(12)22;1-3-7-12-10(5-1)9-11-6-2-4-8-13(11)12;7-5-3-4(6(8)11-5)10-2-1-9-3/h1-10H;1,3-8H,9H2;1-2H/q;+1;. The summed E-state index contributed by atoms with van der Waals surface area (Å²) in [6.45, 7) is 0. The molecule has 2 aliphatic rings. The van der Waals surface area contributed by atoms with E-state index >= 15 is 0 Å². The van der Waals surface area contributed by atoms with Gasteiger partial charge in [-0.1, -0.05) is 60.7 Å². The van der Waals surface area contributed by atoms with E-state index in [4.69, 9.17) is 0 Å². The molecule has 0 unspecified atom stereocenters. The van der Waals surface area contributed by atoms with Crippen LogP contribution in [0, 0.1) is 6.08 Å². The third kappa shape index (κ3) is 5.59. The van der Waals surface area contributed by atoms with Crippen LogP contribution in [0.4, 0.5) is 0 Å². The summed E-state index contributed by atoms with van der Waals surface area (Å²) in [5.74, 6) is 0. The fourth-order valence-electron chi connectivity index (χ4n) is 5.93. The lowest BCUT2D eigenvalue weighted by molar-refractivity contribution is 1.21. The largest absolute Gasteiger partial charge is 0.299 e. The van der Waals surface area contributed by atoms with Crippen LogP contribution in [-0.2, 0) is 6.42 Å². The van der Waals surface area contributed by atoms with Gasteiger partial charge in [0.05, 0.1) is 39.6 Å². The second kappa shape index (κ2) is 13.0. The highest BCUT2D eigenvalue weighted by Gasteiger charge is 2.25. The molecule has 5 heterocycles. The summed E-state index contributed by atoms with van der Waals surface area (Å²) in [5.41, 5.74) is 11.7. The summed E-state index contributed by atoms with van der Waals surface area (Å²) in [4.78, 5) is 17.4. The molecular weight excluding hydrogens is 818 g/mol. The van der Waals surface area contributed by atoms with Crippen molar-refractivity contribution in [1.29, 1.82) is 0 Å². The summed E-state index contributed by atoms with van der Waals surface area (Å²) < 4.78 is 5.34. The van der Waals surface area contributed by atoms with Crippen LogP contribution in [0.3, 0.4) is 0 Å². The number of fused-ring (bicyclic) bond motifs is 7. The number of hydrogen-bond donors (Lipinski definition) is 0. The normalized spacial score (nSPS) is 12.9. The van der Waals surface area contributed by atoms with E-state index in [-0.39, 0.29) is 0 Å². The third-order valence-corrected chi connectivity index (χ3v) is 12.2. The van der Waals surface area contributed by atoms with Crippen molar-refractivity contribution in [3.8, 4) is 5.00 Å². The number of para-hydroxylation sites is 2. The number of hydrogen-bond acceptors (Lipinski definition) is 6. The molecule has 10 heteroatoms. The molecule has 10 rings (SSSR count). The molecule has 2 aliphatic carbocycles. The summed E-state index contributed by atoms with van der Waals surface area (Å²) in [6.07, 6.45) is 17.3. The molecule has 0 aliphatic heterocycles. The lowest BCUT2D eigenvalue weighted by Gasteiger charge is -2.04. The van der Waals surface area contributed by atoms with Gasteiger partial charge in [-0.25, -0.2) is 4.98 Å². The van der Waals surface area contributed by atoms with Crippen LogP contribution in [0.5, 0.6) is 0 Å². The molecule has 0 fully saturated rings. The second-order valence-electron chi connectivity index (χ2n) is 10.6. The summed E-state index contributed by atoms with van der Waals surface area (Å²) in [5, 5.41) is 3.60. The Hall–Kier alpha value is -3.89. The van der Waals surface area contributed by atoms with E-state index in [0.29, 0.717) is 0 Å². The van der Waals surface area contributed by atoms with Crippen molar-refractivity contribution in [2.24, 2.45) is 0 Å². The van der Waals surface area contributed by atoms with Gasteiger partial charge >= 0.3 is 0 Å². The van der Waals surface area contributed by atoms with Gasteiger partial charge < -0.3 is 0 Å². The van der Waals surface area contributed by atoms with E-state index in [9.17, 15) is 0 Å². The van der Waals surface area contributed by atoms with E-state index in [1.807, 2.05) is 6.08 Å². The third-order valence-electron chi connectivity index (χ3n) is 7.94. The van der Waals surface area contributed by atoms with E-state index in [1.165, 1.54) is 44.1 Å². The van der Waals surface area contributed by atoms with E-state index in [0.717, 1.165) is 44.8 Å². The first-order valence-electron chi connectivity index (χ1n) is 14.6. The molecule has 0 saturated heterocycles. The van der Waals surface area contributed by atoms with Crippen LogP contribution in [0.1, 0.15) is 11.1 Å². The number of aromatic nitrogens is 5. The van der Waals surface area contributed by atoms with Crippen LogP contribution in [0.25, 0.3) is 54.4 Å². The van der Waals surface area contributed by atoms with Gasteiger partial charge in [-0.05, 0) is 65.5 Å². The van der Waals surface area contributed by atoms with Gasteiger partial charge in [0.2, 0.25) is 0 Å². The Kier molecular flexibility index (Phi) is 8.39. The molecule has 5 aromatic heterocycles. The quantitative estimate of drug-likeness (QED) is 0.155. The zero-order valence-corrected chi connectivity index (χ0v) is 30.8. The molecule has 8 aromatic rings. The molecule has 0 spiro atoms. The maximum absolute atomic E-state index is 4.57. The van der Waals surface area contributed by atoms with Gasteiger partial charge in [0.15, 0.2) is 0 Å². The Balaban J connectivity index is 0.000000114. The monoisotopic (exact) mass is 836 g/mol. The zero-order chi connectivity index (χ0) is 31.9. The maximum Gasteiger partial charge on any atom is 0.130 e. The molecule has 47 heavy (non-hydrogen) atoms. The second-order valence-corrected chi connectivity index (χ2v) is 16.6. The van der Waals surface area contributed by atoms with Crippen molar-refractivity contribution in [3.05, 3.63) is 150 Å². The van der Waals surface area contributed by atoms with Crippen molar-refractivity contribution in [1.82, 2.24) is 24.5 Å². The summed E-state index contributed by atoms with van der Waals surface area (Å²) >= 11 is 13.7. The molecule has 0 amide bonds. The van der Waals surface area contributed by atoms with Crippen molar-refractivity contribution in [3.63, 3.8) is 0 Å². The van der Waals surface area contributed by atoms with Crippen LogP contribution < -0.4 is 0 Å². The summed E-state index contributed by atoms with van der Waals surface area (Å²) in [6, 6.07) is 25.6. The fraction of sp³-hybridized carbons (Fsp3) is 0.0270. The molecule has 0 saturated carbocycles. The van der Waals surface area contributed by atoms with Crippen molar-refractivity contribution in [2.75, 3.05) is 0 Å². The van der Waals surface area contributed by atoms with Gasteiger partial charge in [-0.3, -0.25) is 19.5 Å². The number of benzene rings is 3. The van der Waals surface area contributed by atoms with Gasteiger partial charge in [-0.2, -0.15) is 0 Å². The van der Waals surface area contributed by atoms with Crippen LogP contribution in [-0.4, -0.2) is 24.5 Å². The molecule has 226 valence electrons. The predicted molar refractivity (Wildman–Crippen MR) is 206 cm³/mol. The SMILES string of the molecule is Brc1sc(-n2c3ccccc3c3ccccc32)c2nccnc12.Brc1sc(Br)c2nccnc12.[C+]1=CC2=C(C=C1)c1ccccc1C2. The molecule has 0 radical (unpaired) electrons. The number of halogens is 3. The predicted octanol–water partition coefficient (Wildman–Crippen LogP) is 11.7. The van der Waals surface area contributed by atoms with Gasteiger partial charge in [-0.15, -0.1) is 22.7 Å². The highest BCUT2D eigenvalue weighted by molar-refractivity contribution is 9.12. The maximum atomic E-state index is 4.57. The molecule has 0 atom stereocenters. The zero-order valence-electron chi connectivity index (χ0n) is 24.4. The smallest absolute Gasteiger partial charge is 0.130 e. The Bertz CT molecular complexity index is 2470. The highest BCUT2D eigenvalue weighted by atomic mass is 79.9. The molecule has 0 bridgehead atoms. The summed E-state index contributed by atoms with van der Waals surface area (Å²) in [7, 11) is 0. The molecule has 3 aromatic carbocycles. The average Bonchev–Trinajstić information content (AvgIpc) is 3.85. The van der Waals surface area contributed by atoms with Gasteiger partial charge in [0.1, 0.15) is 39.2 Å². The minimum Gasteiger partial charge on any atom is -0.299 e. The Morgan fingerprint density at radius 3 is 1.81 bits per heavy atom. The van der Waals surface area contributed by atoms with Crippen molar-refractivity contribution < 1.29 is 0 Å². The fourth-order valence-corrected chi connectivity index (χ4v) is 10.5. The van der Waals surface area contributed by atoms with Gasteiger partial charge in [0, 0.05) is 53.6 Å². The Morgan fingerprint density at radius 1 is 0.617 bits per heavy atom. The van der Waals surface area contributed by atoms with Crippen molar-refractivity contribution in [2.45, 2.75) is 6.42 Å². The average molecular weight is 839 g/mol. The minimum atomic E-state index is 0.911. The van der Waals surface area contributed by atoms with E-state index in [1.54, 1.807) is 47.5 Å². The number of allylic oxidation sites excluding steroid dienone is 6. The number of rotatable bonds is 1. The molecule has 5 nitrogen and oxygen atoms in total. The Morgan fingerprint density at radius 2 is 1.15 bits per heavy atom. The first-order chi connectivity index (χ1) is 23.1. The Labute approximate surface area is 303 Å². The van der Waals surface area contributed by atoms with Crippen LogP contribution >= 0.6 is 70.5 Å². The lowest BCUT2D eigenvalue weighted by atomic mass is 10.0. The van der Waals surface area contributed by atoms with Crippen LogP contribution in [0.15, 0.2) is 133 Å². The number of thiophene rings is 2. The van der Waals surface area contributed by atoms with Gasteiger partial charge in [0.25, 0.3) is 0 Å². The van der Waals surface area contributed by atoms with Crippen molar-refractivity contribution >= 4 is 120 Å². The number of nitrogens with zero attached hydrogens (tertiary/aromatic N) is 5. The topological polar surface area (TPSA) is 56.5 Å². The first-order valence-corrected chi connectivity index (χ1v) is 18.6. The minimum absolute atomic E-state index is 0.911. The van der Waals surface area contributed by atoms with E-state index < -0.39 is 0 Å². The van der Waals surface area contributed by atoms with Crippen LogP contribution in [0.2, 0.25) is 0 Å². The lowest BCUT2D eigenvalue weighted by Crippen LogP contribution is -1.92. The highest BCUT2D eigenvalue weighted by Crippen LogP contribution is 2.41.